The predicted octanol–water partition coefficient (Wildman–Crippen LogP) is 2.95. The Morgan fingerprint density at radius 1 is 1.24 bits per heavy atom. The van der Waals surface area contributed by atoms with Crippen LogP contribution in [0.4, 0.5) is 4.39 Å². The third-order valence-corrected chi connectivity index (χ3v) is 9.28. The van der Waals surface area contributed by atoms with E-state index in [0.717, 1.165) is 0 Å². The summed E-state index contributed by atoms with van der Waals surface area (Å²) >= 11 is 0. The van der Waals surface area contributed by atoms with E-state index in [2.05, 4.69) is 0 Å². The maximum atomic E-state index is 17.2. The van der Waals surface area contributed by atoms with Crippen molar-refractivity contribution in [2.75, 3.05) is 0 Å². The number of alkyl halides is 1. The van der Waals surface area contributed by atoms with E-state index in [9.17, 15) is 29.4 Å². The molecule has 3 saturated carbocycles. The van der Waals surface area contributed by atoms with E-state index < -0.39 is 63.7 Å². The number of fused-ring (bicyclic) bond motifs is 5. The van der Waals surface area contributed by atoms with Crippen molar-refractivity contribution in [3.63, 3.8) is 0 Å². The SMILES string of the molecule is CCC(=O)O[C@]1(C(=O)C(=O)O)[C@H](C)C[C@H]2[C@@H]3CCC4=CC(=O)C=C[C@]4(C)[C@@]3(F)[C@@H](O)C[C@@]21C. The second kappa shape index (κ2) is 7.32. The molecule has 0 aromatic carbocycles. The minimum Gasteiger partial charge on any atom is -0.475 e. The van der Waals surface area contributed by atoms with Crippen molar-refractivity contribution in [3.8, 4) is 0 Å². The molecule has 180 valence electrons. The fourth-order valence-electron chi connectivity index (χ4n) is 7.69. The molecular formula is C25H31FO7. The zero-order valence-corrected chi connectivity index (χ0v) is 19.4. The van der Waals surface area contributed by atoms with Crippen molar-refractivity contribution >= 4 is 23.5 Å². The molecule has 0 heterocycles. The standard InChI is InChI=1S/C25H31FO7/c1-5-19(29)33-25(20(30)21(31)32)13(2)10-17-16-7-6-14-11-15(27)8-9-22(14,3)24(16,26)18(28)12-23(17,25)4/h8-9,11,13,16-18,28H,5-7,10,12H2,1-4H3,(H,31,32)/t13-,16+,17+,18+,22+,23+,24+,25+/m1/s1. The number of ether oxygens (including phenoxy) is 1. The van der Waals surface area contributed by atoms with E-state index in [1.807, 2.05) is 0 Å². The number of allylic oxidation sites excluding steroid dienone is 4. The van der Waals surface area contributed by atoms with Crippen LogP contribution in [0.1, 0.15) is 59.8 Å². The number of aliphatic carboxylic acids is 1. The molecule has 0 saturated heterocycles. The van der Waals surface area contributed by atoms with Crippen LogP contribution in [0.25, 0.3) is 0 Å². The highest BCUT2D eigenvalue weighted by atomic mass is 19.1. The maximum absolute atomic E-state index is 17.2. The molecule has 0 amide bonds. The Hall–Kier alpha value is -2.35. The van der Waals surface area contributed by atoms with Crippen LogP contribution in [0.3, 0.4) is 0 Å². The number of ketones is 2. The molecule has 0 radical (unpaired) electrons. The number of Topliss-reactive ketones (excluding diaryl/α,β-unsaturated/α-hetero) is 1. The number of aliphatic hydroxyl groups excluding tert-OH is 1. The molecule has 7 nitrogen and oxygen atoms in total. The number of esters is 1. The monoisotopic (exact) mass is 462 g/mol. The molecule has 0 aliphatic heterocycles. The summed E-state index contributed by atoms with van der Waals surface area (Å²) in [7, 11) is 0. The number of hydrogen-bond donors (Lipinski definition) is 2. The van der Waals surface area contributed by atoms with Crippen molar-refractivity contribution in [3.05, 3.63) is 23.8 Å². The van der Waals surface area contributed by atoms with E-state index in [1.165, 1.54) is 18.2 Å². The van der Waals surface area contributed by atoms with Gasteiger partial charge >= 0.3 is 11.9 Å². The van der Waals surface area contributed by atoms with Gasteiger partial charge in [-0.1, -0.05) is 32.4 Å². The van der Waals surface area contributed by atoms with Crippen LogP contribution in [0.15, 0.2) is 23.8 Å². The molecule has 0 bridgehead atoms. The van der Waals surface area contributed by atoms with E-state index in [-0.39, 0.29) is 25.0 Å². The lowest BCUT2D eigenvalue weighted by Crippen LogP contribution is -2.70. The molecule has 33 heavy (non-hydrogen) atoms. The van der Waals surface area contributed by atoms with Crippen molar-refractivity contribution in [1.82, 2.24) is 0 Å². The topological polar surface area (TPSA) is 118 Å². The minimum atomic E-state index is -2.12. The Bertz CT molecular complexity index is 1000. The molecule has 0 aromatic heterocycles. The number of rotatable bonds is 4. The van der Waals surface area contributed by atoms with Gasteiger partial charge < -0.3 is 14.9 Å². The van der Waals surface area contributed by atoms with Crippen LogP contribution in [0, 0.1) is 28.6 Å². The van der Waals surface area contributed by atoms with Crippen LogP contribution in [0.2, 0.25) is 0 Å². The minimum absolute atomic E-state index is 0.0494. The Balaban J connectivity index is 1.87. The summed E-state index contributed by atoms with van der Waals surface area (Å²) in [6.45, 7) is 6.55. The lowest BCUT2D eigenvalue weighted by atomic mass is 9.44. The van der Waals surface area contributed by atoms with Gasteiger partial charge in [0.15, 0.2) is 17.1 Å². The largest absolute Gasteiger partial charge is 0.475 e. The second-order valence-electron chi connectivity index (χ2n) is 10.6. The number of hydrogen-bond acceptors (Lipinski definition) is 6. The molecule has 4 aliphatic carbocycles. The van der Waals surface area contributed by atoms with Gasteiger partial charge in [-0.25, -0.2) is 9.18 Å². The maximum Gasteiger partial charge on any atom is 0.376 e. The number of halogens is 1. The average Bonchev–Trinajstić information content (AvgIpc) is 2.96. The Morgan fingerprint density at radius 3 is 2.52 bits per heavy atom. The molecule has 0 unspecified atom stereocenters. The van der Waals surface area contributed by atoms with Crippen LogP contribution < -0.4 is 0 Å². The summed E-state index contributed by atoms with van der Waals surface area (Å²) < 4.78 is 22.9. The second-order valence-corrected chi connectivity index (χ2v) is 10.6. The molecule has 0 aromatic rings. The predicted molar refractivity (Wildman–Crippen MR) is 115 cm³/mol. The highest BCUT2D eigenvalue weighted by Gasteiger charge is 2.77. The summed E-state index contributed by atoms with van der Waals surface area (Å²) in [5.41, 5.74) is -5.94. The van der Waals surface area contributed by atoms with Gasteiger partial charge in [0, 0.05) is 29.1 Å². The van der Waals surface area contributed by atoms with Gasteiger partial charge in [-0.15, -0.1) is 0 Å². The number of carboxylic acids is 1. The smallest absolute Gasteiger partial charge is 0.376 e. The molecular weight excluding hydrogens is 431 g/mol. The highest BCUT2D eigenvalue weighted by molar-refractivity contribution is 6.36. The Labute approximate surface area is 192 Å². The van der Waals surface area contributed by atoms with Crippen molar-refractivity contribution in [2.45, 2.75) is 77.2 Å². The first-order chi connectivity index (χ1) is 15.3. The van der Waals surface area contributed by atoms with Gasteiger partial charge in [0.2, 0.25) is 0 Å². The molecule has 2 N–H and O–H groups in total. The van der Waals surface area contributed by atoms with Gasteiger partial charge in [0.25, 0.3) is 5.78 Å². The van der Waals surface area contributed by atoms with Crippen molar-refractivity contribution < 1.29 is 38.5 Å². The van der Waals surface area contributed by atoms with Crippen LogP contribution in [-0.4, -0.2) is 51.1 Å². The van der Waals surface area contributed by atoms with Gasteiger partial charge in [0.05, 0.1) is 6.10 Å². The Morgan fingerprint density at radius 2 is 1.91 bits per heavy atom. The van der Waals surface area contributed by atoms with Crippen molar-refractivity contribution in [2.24, 2.45) is 28.6 Å². The fourth-order valence-corrected chi connectivity index (χ4v) is 7.69. The first kappa shape index (κ1) is 23.8. The fraction of sp³-hybridized carbons (Fsp3) is 0.680. The summed E-state index contributed by atoms with van der Waals surface area (Å²) in [4.78, 5) is 49.4. The van der Waals surface area contributed by atoms with Gasteiger partial charge in [-0.3, -0.25) is 14.4 Å². The summed E-state index contributed by atoms with van der Waals surface area (Å²) in [5, 5.41) is 21.0. The third-order valence-electron chi connectivity index (χ3n) is 9.28. The number of aliphatic hydroxyl groups is 1. The zero-order valence-electron chi connectivity index (χ0n) is 19.4. The summed E-state index contributed by atoms with van der Waals surface area (Å²) in [5.74, 6) is -5.75. The van der Waals surface area contributed by atoms with Crippen LogP contribution in [0.5, 0.6) is 0 Å². The van der Waals surface area contributed by atoms with Gasteiger partial charge in [-0.05, 0) is 50.7 Å². The lowest BCUT2D eigenvalue weighted by Gasteiger charge is -2.62. The first-order valence-corrected chi connectivity index (χ1v) is 11.6. The van der Waals surface area contributed by atoms with E-state index >= 15 is 4.39 Å². The average molecular weight is 463 g/mol. The normalized spacial score (nSPS) is 46.0. The lowest BCUT2D eigenvalue weighted by molar-refractivity contribution is -0.228. The summed E-state index contributed by atoms with van der Waals surface area (Å²) in [6, 6.07) is 0. The quantitative estimate of drug-likeness (QED) is 0.487. The third kappa shape index (κ3) is 2.76. The van der Waals surface area contributed by atoms with E-state index in [0.29, 0.717) is 18.4 Å². The van der Waals surface area contributed by atoms with Gasteiger partial charge in [-0.2, -0.15) is 0 Å². The molecule has 4 aliphatic rings. The molecule has 8 heteroatoms. The van der Waals surface area contributed by atoms with Crippen LogP contribution in [-0.2, 0) is 23.9 Å². The van der Waals surface area contributed by atoms with E-state index in [4.69, 9.17) is 4.74 Å². The number of carboxylic acid groups (broad SMARTS) is 1. The first-order valence-electron chi connectivity index (χ1n) is 11.6. The molecule has 4 rings (SSSR count). The number of carbonyl (C=O) groups excluding carboxylic acids is 3. The Kier molecular flexibility index (Phi) is 5.28. The molecule has 0 spiro atoms. The van der Waals surface area contributed by atoms with Crippen molar-refractivity contribution in [1.29, 1.82) is 0 Å². The van der Waals surface area contributed by atoms with E-state index in [1.54, 1.807) is 27.7 Å². The number of carbonyl (C=O) groups is 4. The zero-order chi connectivity index (χ0) is 24.6. The van der Waals surface area contributed by atoms with Gasteiger partial charge in [0.1, 0.15) is 0 Å². The summed E-state index contributed by atoms with van der Waals surface area (Å²) in [6.07, 6.45) is 3.53. The molecule has 3 fully saturated rings. The van der Waals surface area contributed by atoms with Crippen LogP contribution >= 0.6 is 0 Å². The molecule has 8 atom stereocenters. The highest BCUT2D eigenvalue weighted by Crippen LogP contribution is 2.71.